The lowest BCUT2D eigenvalue weighted by Crippen LogP contribution is -2.06. The van der Waals surface area contributed by atoms with Crippen molar-refractivity contribution in [2.75, 3.05) is 5.43 Å². The Bertz CT molecular complexity index is 581. The van der Waals surface area contributed by atoms with E-state index in [4.69, 9.17) is 11.6 Å². The Morgan fingerprint density at radius 1 is 1.42 bits per heavy atom. The number of hydrogen-bond donors (Lipinski definition) is 1. The molecule has 0 radical (unpaired) electrons. The topological polar surface area (TPSA) is 37.3 Å². The number of halogens is 4. The summed E-state index contributed by atoms with van der Waals surface area (Å²) in [6.45, 7) is 0. The number of hydrogen-bond acceptors (Lipinski definition) is 4. The van der Waals surface area contributed by atoms with E-state index in [-0.39, 0.29) is 10.8 Å². The maximum atomic E-state index is 12.4. The van der Waals surface area contributed by atoms with Crippen LogP contribution in [0, 0.1) is 0 Å². The molecule has 0 spiro atoms. The predicted molar refractivity (Wildman–Crippen MR) is 69.8 cm³/mol. The Kier molecular flexibility index (Phi) is 4.06. The van der Waals surface area contributed by atoms with Gasteiger partial charge < -0.3 is 0 Å². The summed E-state index contributed by atoms with van der Waals surface area (Å²) in [5.41, 5.74) is 1.60. The Labute approximate surface area is 115 Å². The minimum Gasteiger partial charge on any atom is -0.260 e. The standard InChI is InChI=1S/C11H7ClF3N3S/c12-9-4-7(11(13,14)15)5-16-10(9)18-17-6-8-2-1-3-19-8/h1-6H,(H,16,18)/b17-6+. The maximum absolute atomic E-state index is 12.4. The van der Waals surface area contributed by atoms with Crippen molar-refractivity contribution >= 4 is 35.0 Å². The summed E-state index contributed by atoms with van der Waals surface area (Å²) in [6.07, 6.45) is -2.23. The van der Waals surface area contributed by atoms with Gasteiger partial charge in [0.25, 0.3) is 0 Å². The van der Waals surface area contributed by atoms with Crippen molar-refractivity contribution in [1.29, 1.82) is 0 Å². The molecule has 8 heteroatoms. The van der Waals surface area contributed by atoms with Gasteiger partial charge in [0, 0.05) is 11.1 Å². The molecular weight excluding hydrogens is 299 g/mol. The Balaban J connectivity index is 2.10. The number of anilines is 1. The number of thiophene rings is 1. The highest BCUT2D eigenvalue weighted by Gasteiger charge is 2.31. The Morgan fingerprint density at radius 2 is 2.21 bits per heavy atom. The van der Waals surface area contributed by atoms with Crippen molar-refractivity contribution in [1.82, 2.24) is 4.98 Å². The molecule has 2 rings (SSSR count). The van der Waals surface area contributed by atoms with Crippen molar-refractivity contribution < 1.29 is 13.2 Å². The van der Waals surface area contributed by atoms with Crippen molar-refractivity contribution in [3.05, 3.63) is 45.2 Å². The number of rotatable bonds is 3. The number of alkyl halides is 3. The summed E-state index contributed by atoms with van der Waals surface area (Å²) in [4.78, 5) is 4.49. The van der Waals surface area contributed by atoms with Crippen LogP contribution in [0.3, 0.4) is 0 Å². The fourth-order valence-electron chi connectivity index (χ4n) is 1.20. The van der Waals surface area contributed by atoms with Crippen LogP contribution >= 0.6 is 22.9 Å². The molecule has 2 aromatic rings. The average molecular weight is 306 g/mol. The number of hydrazone groups is 1. The van der Waals surface area contributed by atoms with Crippen LogP contribution in [-0.2, 0) is 6.18 Å². The summed E-state index contributed by atoms with van der Waals surface area (Å²) in [7, 11) is 0. The molecule has 19 heavy (non-hydrogen) atoms. The van der Waals surface area contributed by atoms with Gasteiger partial charge in [-0.1, -0.05) is 17.7 Å². The number of nitrogens with one attached hydrogen (secondary N) is 1. The number of nitrogens with zero attached hydrogens (tertiary/aromatic N) is 2. The van der Waals surface area contributed by atoms with Crippen molar-refractivity contribution in [3.63, 3.8) is 0 Å². The van der Waals surface area contributed by atoms with Crippen molar-refractivity contribution in [3.8, 4) is 0 Å². The highest BCUT2D eigenvalue weighted by molar-refractivity contribution is 7.11. The van der Waals surface area contributed by atoms with Gasteiger partial charge in [-0.15, -0.1) is 11.3 Å². The number of pyridine rings is 1. The lowest BCUT2D eigenvalue weighted by Gasteiger charge is -2.08. The third kappa shape index (κ3) is 3.68. The summed E-state index contributed by atoms with van der Waals surface area (Å²) in [6, 6.07) is 4.50. The van der Waals surface area contributed by atoms with Crippen LogP contribution in [0.2, 0.25) is 5.02 Å². The summed E-state index contributed by atoms with van der Waals surface area (Å²) in [5, 5.41) is 5.58. The van der Waals surface area contributed by atoms with Crippen molar-refractivity contribution in [2.24, 2.45) is 5.10 Å². The number of aromatic nitrogens is 1. The van der Waals surface area contributed by atoms with Crippen LogP contribution in [0.4, 0.5) is 19.0 Å². The van der Waals surface area contributed by atoms with Crippen LogP contribution in [0.1, 0.15) is 10.4 Å². The van der Waals surface area contributed by atoms with Gasteiger partial charge in [0.15, 0.2) is 5.82 Å². The van der Waals surface area contributed by atoms with Gasteiger partial charge in [-0.05, 0) is 17.5 Å². The molecular formula is C11H7ClF3N3S. The minimum atomic E-state index is -4.46. The van der Waals surface area contributed by atoms with Crippen molar-refractivity contribution in [2.45, 2.75) is 6.18 Å². The zero-order valence-corrected chi connectivity index (χ0v) is 10.9. The minimum absolute atomic E-state index is 0.0717. The van der Waals surface area contributed by atoms with E-state index in [1.54, 1.807) is 0 Å². The molecule has 0 saturated carbocycles. The average Bonchev–Trinajstić information content (AvgIpc) is 2.83. The highest BCUT2D eigenvalue weighted by Crippen LogP contribution is 2.32. The van der Waals surface area contributed by atoms with E-state index in [0.717, 1.165) is 10.9 Å². The normalized spacial score (nSPS) is 12.0. The fourth-order valence-corrected chi connectivity index (χ4v) is 1.99. The second-order valence-electron chi connectivity index (χ2n) is 3.44. The lowest BCUT2D eigenvalue weighted by atomic mass is 10.3. The first-order chi connectivity index (χ1) is 8.97. The molecule has 2 aromatic heterocycles. The van der Waals surface area contributed by atoms with Gasteiger partial charge in [-0.2, -0.15) is 18.3 Å². The molecule has 2 heterocycles. The summed E-state index contributed by atoms with van der Waals surface area (Å²) in [5.74, 6) is 0.0717. The second-order valence-corrected chi connectivity index (χ2v) is 4.82. The Morgan fingerprint density at radius 3 is 2.79 bits per heavy atom. The zero-order valence-electron chi connectivity index (χ0n) is 9.28. The fraction of sp³-hybridized carbons (Fsp3) is 0.0909. The maximum Gasteiger partial charge on any atom is 0.417 e. The van der Waals surface area contributed by atoms with E-state index in [1.165, 1.54) is 17.6 Å². The quantitative estimate of drug-likeness (QED) is 0.679. The molecule has 100 valence electrons. The van der Waals surface area contributed by atoms with Crippen LogP contribution in [-0.4, -0.2) is 11.2 Å². The molecule has 0 atom stereocenters. The highest BCUT2D eigenvalue weighted by atomic mass is 35.5. The third-order valence-electron chi connectivity index (χ3n) is 2.07. The molecule has 0 aliphatic heterocycles. The van der Waals surface area contributed by atoms with E-state index < -0.39 is 11.7 Å². The smallest absolute Gasteiger partial charge is 0.260 e. The molecule has 0 aromatic carbocycles. The van der Waals surface area contributed by atoms with Gasteiger partial charge in [-0.3, -0.25) is 5.43 Å². The molecule has 0 fully saturated rings. The first-order valence-corrected chi connectivity index (χ1v) is 6.28. The largest absolute Gasteiger partial charge is 0.417 e. The second kappa shape index (κ2) is 5.58. The first kappa shape index (κ1) is 13.8. The van der Waals surface area contributed by atoms with Crippen LogP contribution in [0.5, 0.6) is 0 Å². The molecule has 0 aliphatic carbocycles. The molecule has 0 bridgehead atoms. The molecule has 1 N–H and O–H groups in total. The predicted octanol–water partition coefficient (Wildman–Crippen LogP) is 4.26. The zero-order chi connectivity index (χ0) is 13.9. The molecule has 0 amide bonds. The van der Waals surface area contributed by atoms with E-state index in [2.05, 4.69) is 15.5 Å². The lowest BCUT2D eigenvalue weighted by molar-refractivity contribution is -0.137. The molecule has 0 aliphatic rings. The third-order valence-corrected chi connectivity index (χ3v) is 3.17. The van der Waals surface area contributed by atoms with Gasteiger partial charge in [0.1, 0.15) is 0 Å². The van der Waals surface area contributed by atoms with Crippen LogP contribution in [0.25, 0.3) is 0 Å². The van der Waals surface area contributed by atoms with Gasteiger partial charge in [0.2, 0.25) is 0 Å². The van der Waals surface area contributed by atoms with Crippen LogP contribution < -0.4 is 5.43 Å². The molecule has 3 nitrogen and oxygen atoms in total. The monoisotopic (exact) mass is 305 g/mol. The van der Waals surface area contributed by atoms with Gasteiger partial charge >= 0.3 is 6.18 Å². The summed E-state index contributed by atoms with van der Waals surface area (Å²) >= 11 is 7.18. The van der Waals surface area contributed by atoms with Crippen LogP contribution in [0.15, 0.2) is 34.9 Å². The Hall–Kier alpha value is -1.60. The SMILES string of the molecule is FC(F)(F)c1cnc(N/N=C/c2cccs2)c(Cl)c1. The molecule has 0 unspecified atom stereocenters. The van der Waals surface area contributed by atoms with Gasteiger partial charge in [0.05, 0.1) is 16.8 Å². The van der Waals surface area contributed by atoms with E-state index >= 15 is 0 Å². The van der Waals surface area contributed by atoms with E-state index in [1.807, 2.05) is 17.5 Å². The van der Waals surface area contributed by atoms with Gasteiger partial charge in [-0.25, -0.2) is 4.98 Å². The summed E-state index contributed by atoms with van der Waals surface area (Å²) < 4.78 is 37.2. The molecule has 0 saturated heterocycles. The first-order valence-electron chi connectivity index (χ1n) is 5.02. The van der Waals surface area contributed by atoms with E-state index in [0.29, 0.717) is 6.20 Å². The van der Waals surface area contributed by atoms with E-state index in [9.17, 15) is 13.2 Å².